The third kappa shape index (κ3) is 7.60. The molecule has 0 radical (unpaired) electrons. The molecule has 41 heavy (non-hydrogen) atoms. The van der Waals surface area contributed by atoms with E-state index in [-0.39, 0.29) is 17.6 Å². The van der Waals surface area contributed by atoms with Gasteiger partial charge in [0.25, 0.3) is 0 Å². The van der Waals surface area contributed by atoms with E-state index >= 15 is 0 Å². The normalized spacial score (nSPS) is 17.9. The first-order chi connectivity index (χ1) is 19.3. The number of benzene rings is 3. The SMILES string of the molecule is CSc1ccc(C(=O)C2CN(Cc3ccccc3)C[C@@H]2c2cc(C)c(OC(C)(C)C(=O)OC(C)(C)C)c(C)c2)cc1. The lowest BCUT2D eigenvalue weighted by molar-refractivity contribution is -0.171. The van der Waals surface area contributed by atoms with Gasteiger partial charge in [0.1, 0.15) is 11.4 Å². The van der Waals surface area contributed by atoms with E-state index in [0.717, 1.165) is 40.2 Å². The second-order valence-electron chi connectivity index (χ2n) is 12.6. The number of likely N-dealkylation sites (tertiary alicyclic amines) is 1. The van der Waals surface area contributed by atoms with Crippen molar-refractivity contribution in [1.29, 1.82) is 0 Å². The maximum atomic E-state index is 13.9. The first-order valence-corrected chi connectivity index (χ1v) is 15.5. The van der Waals surface area contributed by atoms with Crippen LogP contribution in [0, 0.1) is 19.8 Å². The number of esters is 1. The Balaban J connectivity index is 1.63. The number of hydrogen-bond acceptors (Lipinski definition) is 6. The minimum atomic E-state index is -1.15. The summed E-state index contributed by atoms with van der Waals surface area (Å²) in [5, 5.41) is 0. The Bertz CT molecular complexity index is 1350. The van der Waals surface area contributed by atoms with Crippen molar-refractivity contribution in [1.82, 2.24) is 4.90 Å². The number of aryl methyl sites for hydroxylation is 2. The number of hydrogen-bond donors (Lipinski definition) is 0. The lowest BCUT2D eigenvalue weighted by Gasteiger charge is -2.30. The number of Topliss-reactive ketones (excluding diaryl/α,β-unsaturated/α-hetero) is 1. The molecule has 3 aromatic carbocycles. The lowest BCUT2D eigenvalue weighted by Crippen LogP contribution is -2.43. The Morgan fingerprint density at radius 2 is 1.51 bits per heavy atom. The van der Waals surface area contributed by atoms with E-state index in [1.54, 1.807) is 25.6 Å². The van der Waals surface area contributed by atoms with Gasteiger partial charge in [-0.25, -0.2) is 4.79 Å². The van der Waals surface area contributed by atoms with Crippen LogP contribution in [0.4, 0.5) is 0 Å². The zero-order valence-corrected chi connectivity index (χ0v) is 26.4. The van der Waals surface area contributed by atoms with Crippen LogP contribution in [0.2, 0.25) is 0 Å². The third-order valence-electron chi connectivity index (χ3n) is 7.51. The molecular weight excluding hydrogens is 530 g/mol. The molecule has 1 fully saturated rings. The Hall–Kier alpha value is -3.09. The molecule has 0 aliphatic carbocycles. The van der Waals surface area contributed by atoms with Gasteiger partial charge in [0.15, 0.2) is 11.4 Å². The second-order valence-corrected chi connectivity index (χ2v) is 13.5. The quantitative estimate of drug-likeness (QED) is 0.149. The molecule has 0 aromatic heterocycles. The highest BCUT2D eigenvalue weighted by molar-refractivity contribution is 7.98. The van der Waals surface area contributed by atoms with E-state index in [9.17, 15) is 9.59 Å². The molecule has 6 heteroatoms. The minimum absolute atomic E-state index is 0.0387. The van der Waals surface area contributed by atoms with E-state index in [4.69, 9.17) is 9.47 Å². The highest BCUT2D eigenvalue weighted by Gasteiger charge is 2.40. The highest BCUT2D eigenvalue weighted by Crippen LogP contribution is 2.39. The van der Waals surface area contributed by atoms with Gasteiger partial charge in [-0.3, -0.25) is 9.69 Å². The summed E-state index contributed by atoms with van der Waals surface area (Å²) in [5.41, 5.74) is 3.25. The monoisotopic (exact) mass is 573 g/mol. The number of rotatable bonds is 9. The fraction of sp³-hybridized carbons (Fsp3) is 0.429. The molecule has 1 unspecified atom stereocenters. The maximum Gasteiger partial charge on any atom is 0.350 e. The lowest BCUT2D eigenvalue weighted by atomic mass is 9.82. The molecule has 0 N–H and O–H groups in total. The van der Waals surface area contributed by atoms with Crippen molar-refractivity contribution < 1.29 is 19.1 Å². The van der Waals surface area contributed by atoms with Crippen LogP contribution in [-0.2, 0) is 16.1 Å². The van der Waals surface area contributed by atoms with Crippen molar-refractivity contribution in [2.24, 2.45) is 5.92 Å². The van der Waals surface area contributed by atoms with Gasteiger partial charge < -0.3 is 9.47 Å². The van der Waals surface area contributed by atoms with Crippen LogP contribution in [0.5, 0.6) is 5.75 Å². The molecule has 1 heterocycles. The zero-order chi connectivity index (χ0) is 29.9. The largest absolute Gasteiger partial charge is 0.476 e. The molecule has 3 aromatic rings. The predicted molar refractivity (Wildman–Crippen MR) is 167 cm³/mol. The number of carbonyl (C=O) groups is 2. The minimum Gasteiger partial charge on any atom is -0.476 e. The van der Waals surface area contributed by atoms with Crippen LogP contribution < -0.4 is 4.74 Å². The van der Waals surface area contributed by atoms with Gasteiger partial charge in [-0.2, -0.15) is 0 Å². The number of ketones is 1. The van der Waals surface area contributed by atoms with Crippen molar-refractivity contribution >= 4 is 23.5 Å². The summed E-state index contributed by atoms with van der Waals surface area (Å²) >= 11 is 1.67. The van der Waals surface area contributed by atoms with E-state index in [2.05, 4.69) is 41.3 Å². The molecule has 5 nitrogen and oxygen atoms in total. The van der Waals surface area contributed by atoms with Crippen molar-refractivity contribution in [2.75, 3.05) is 19.3 Å². The van der Waals surface area contributed by atoms with Crippen molar-refractivity contribution in [2.45, 2.75) is 77.0 Å². The number of nitrogens with zero attached hydrogens (tertiary/aromatic N) is 1. The average molecular weight is 574 g/mol. The first kappa shape index (κ1) is 30.9. The summed E-state index contributed by atoms with van der Waals surface area (Å²) < 4.78 is 11.9. The molecule has 0 spiro atoms. The molecule has 1 aliphatic heterocycles. The molecule has 1 aliphatic rings. The van der Waals surface area contributed by atoms with Crippen molar-refractivity contribution in [3.63, 3.8) is 0 Å². The third-order valence-corrected chi connectivity index (χ3v) is 8.26. The fourth-order valence-electron chi connectivity index (χ4n) is 5.49. The number of carbonyl (C=O) groups excluding carboxylic acids is 2. The standard InChI is InChI=1S/C35H43NO4S/c1-23-18-27(19-24(2)32(23)39-35(6,7)33(38)40-34(3,4)5)29-21-36(20-25-12-10-9-11-13-25)22-30(29)31(37)26-14-16-28(41-8)17-15-26/h9-19,29-30H,20-22H2,1-8H3/t29-,30?/m1/s1. The first-order valence-electron chi connectivity index (χ1n) is 14.3. The molecule has 4 rings (SSSR count). The molecular formula is C35H43NO4S. The van der Waals surface area contributed by atoms with Crippen LogP contribution in [0.15, 0.2) is 71.6 Å². The van der Waals surface area contributed by atoms with Crippen molar-refractivity contribution in [3.05, 3.63) is 94.5 Å². The summed E-state index contributed by atoms with van der Waals surface area (Å²) in [4.78, 5) is 30.3. The summed E-state index contributed by atoms with van der Waals surface area (Å²) in [7, 11) is 0. The van der Waals surface area contributed by atoms with Crippen molar-refractivity contribution in [3.8, 4) is 5.75 Å². The number of thioether (sulfide) groups is 1. The van der Waals surface area contributed by atoms with E-state index in [1.807, 2.05) is 71.2 Å². The Morgan fingerprint density at radius 3 is 2.07 bits per heavy atom. The van der Waals surface area contributed by atoms with Crippen LogP contribution in [-0.4, -0.2) is 47.2 Å². The molecule has 0 bridgehead atoms. The molecule has 0 saturated carbocycles. The molecule has 1 saturated heterocycles. The molecule has 2 atom stereocenters. The van der Waals surface area contributed by atoms with Gasteiger partial charge in [0.2, 0.25) is 0 Å². The molecule has 0 amide bonds. The van der Waals surface area contributed by atoms with E-state index < -0.39 is 17.2 Å². The van der Waals surface area contributed by atoms with Crippen LogP contribution in [0.3, 0.4) is 0 Å². The summed E-state index contributed by atoms with van der Waals surface area (Å²) in [5.74, 6) is 0.330. The predicted octanol–water partition coefficient (Wildman–Crippen LogP) is 7.62. The summed E-state index contributed by atoms with van der Waals surface area (Å²) in [6, 6.07) is 22.6. The topological polar surface area (TPSA) is 55.8 Å². The average Bonchev–Trinajstić information content (AvgIpc) is 3.33. The Kier molecular flexibility index (Phi) is 9.35. The Labute approximate surface area is 249 Å². The van der Waals surface area contributed by atoms with Gasteiger partial charge in [-0.15, -0.1) is 11.8 Å². The summed E-state index contributed by atoms with van der Waals surface area (Å²) in [6.45, 7) is 15.3. The fourth-order valence-corrected chi connectivity index (χ4v) is 5.89. The Morgan fingerprint density at radius 1 is 0.902 bits per heavy atom. The molecule has 218 valence electrons. The second kappa shape index (κ2) is 12.4. The van der Waals surface area contributed by atoms with Crippen LogP contribution in [0.25, 0.3) is 0 Å². The maximum absolute atomic E-state index is 13.9. The van der Waals surface area contributed by atoms with Gasteiger partial charge >= 0.3 is 5.97 Å². The van der Waals surface area contributed by atoms with Gasteiger partial charge in [0.05, 0.1) is 0 Å². The van der Waals surface area contributed by atoms with Crippen LogP contribution >= 0.6 is 11.8 Å². The van der Waals surface area contributed by atoms with Crippen LogP contribution in [0.1, 0.15) is 73.1 Å². The number of ether oxygens (including phenoxy) is 2. The van der Waals surface area contributed by atoms with Gasteiger partial charge in [-0.05, 0) is 89.1 Å². The summed E-state index contributed by atoms with van der Waals surface area (Å²) in [6.07, 6.45) is 2.04. The smallest absolute Gasteiger partial charge is 0.350 e. The highest BCUT2D eigenvalue weighted by atomic mass is 32.2. The van der Waals surface area contributed by atoms with E-state index in [0.29, 0.717) is 12.3 Å². The van der Waals surface area contributed by atoms with E-state index in [1.165, 1.54) is 5.56 Å². The zero-order valence-electron chi connectivity index (χ0n) is 25.6. The van der Waals surface area contributed by atoms with Gasteiger partial charge in [0, 0.05) is 41.9 Å². The van der Waals surface area contributed by atoms with Gasteiger partial charge in [-0.1, -0.05) is 54.6 Å².